The second kappa shape index (κ2) is 9.70. The van der Waals surface area contributed by atoms with Crippen LogP contribution in [0.1, 0.15) is 49.3 Å². The van der Waals surface area contributed by atoms with Gasteiger partial charge in [0.05, 0.1) is 24.5 Å². The fourth-order valence-electron chi connectivity index (χ4n) is 3.85. The van der Waals surface area contributed by atoms with Crippen molar-refractivity contribution >= 4 is 23.4 Å². The summed E-state index contributed by atoms with van der Waals surface area (Å²) in [5.41, 5.74) is 3.34. The molecule has 0 bridgehead atoms. The molecule has 1 fully saturated rings. The van der Waals surface area contributed by atoms with E-state index in [-0.39, 0.29) is 5.88 Å². The van der Waals surface area contributed by atoms with E-state index in [4.69, 9.17) is 4.42 Å². The van der Waals surface area contributed by atoms with Crippen molar-refractivity contribution in [3.8, 4) is 11.3 Å². The highest BCUT2D eigenvalue weighted by molar-refractivity contribution is 7.07. The molecule has 1 aromatic carbocycles. The van der Waals surface area contributed by atoms with Crippen LogP contribution in [0.3, 0.4) is 0 Å². The monoisotopic (exact) mass is 436 g/mol. The van der Waals surface area contributed by atoms with Crippen LogP contribution in [-0.4, -0.2) is 22.4 Å². The minimum Gasteiger partial charge on any atom is -0.400 e. The fraction of sp³-hybridized carbons (Fsp3) is 0.304. The molecule has 1 saturated carbocycles. The molecule has 3 aromatic rings. The summed E-state index contributed by atoms with van der Waals surface area (Å²) in [4.78, 5) is 15.5. The predicted octanol–water partition coefficient (Wildman–Crippen LogP) is 5.73. The number of benzene rings is 1. The van der Waals surface area contributed by atoms with Crippen molar-refractivity contribution in [2.45, 2.75) is 38.0 Å². The number of rotatable bonds is 7. The Hall–Kier alpha value is -3.26. The van der Waals surface area contributed by atoms with Gasteiger partial charge in [0.1, 0.15) is 4.92 Å². The molecule has 0 radical (unpaired) electrons. The normalized spacial score (nSPS) is 15.5. The van der Waals surface area contributed by atoms with Gasteiger partial charge in [-0.1, -0.05) is 49.6 Å². The van der Waals surface area contributed by atoms with E-state index in [0.717, 1.165) is 11.3 Å². The van der Waals surface area contributed by atoms with Crippen molar-refractivity contribution in [3.63, 3.8) is 0 Å². The fourth-order valence-corrected chi connectivity index (χ4v) is 4.69. The first-order valence-corrected chi connectivity index (χ1v) is 11.2. The number of furan rings is 1. The first-order valence-electron chi connectivity index (χ1n) is 10.4. The van der Waals surface area contributed by atoms with Crippen LogP contribution in [0.2, 0.25) is 0 Å². The summed E-state index contributed by atoms with van der Waals surface area (Å²) in [5.74, 6) is 0.647. The van der Waals surface area contributed by atoms with Crippen molar-refractivity contribution < 1.29 is 9.34 Å². The summed E-state index contributed by atoms with van der Waals surface area (Å²) in [7, 11) is 0. The molecule has 0 N–H and O–H groups in total. The molecule has 0 saturated heterocycles. The highest BCUT2D eigenvalue weighted by Gasteiger charge is 2.16. The minimum atomic E-state index is -0.570. The molecule has 1 aliphatic rings. The Kier molecular flexibility index (Phi) is 6.57. The smallest absolute Gasteiger partial charge is 0.400 e. The zero-order chi connectivity index (χ0) is 21.6. The van der Waals surface area contributed by atoms with Crippen LogP contribution in [0.25, 0.3) is 11.3 Å². The first-order chi connectivity index (χ1) is 15.2. The topological polar surface area (TPSA) is 85.9 Å². The summed E-state index contributed by atoms with van der Waals surface area (Å²) in [6, 6.07) is 11.5. The third kappa shape index (κ3) is 4.91. The van der Waals surface area contributed by atoms with E-state index < -0.39 is 4.92 Å². The van der Waals surface area contributed by atoms with E-state index in [2.05, 4.69) is 40.9 Å². The molecule has 7 nitrogen and oxygen atoms in total. The Labute approximate surface area is 184 Å². The average molecular weight is 437 g/mol. The molecule has 0 aliphatic heterocycles. The number of hydrogen-bond donors (Lipinski definition) is 0. The highest BCUT2D eigenvalue weighted by atomic mass is 32.1. The summed E-state index contributed by atoms with van der Waals surface area (Å²) in [5, 5.41) is 17.4. The molecule has 2 heterocycles. The second-order valence-electron chi connectivity index (χ2n) is 7.48. The molecule has 0 amide bonds. The van der Waals surface area contributed by atoms with Crippen LogP contribution >= 0.6 is 11.3 Å². The number of hydrogen-bond acceptors (Lipinski definition) is 6. The van der Waals surface area contributed by atoms with Crippen LogP contribution in [0.4, 0.5) is 5.88 Å². The third-order valence-corrected chi connectivity index (χ3v) is 6.27. The van der Waals surface area contributed by atoms with Gasteiger partial charge in [0.15, 0.2) is 5.76 Å². The lowest BCUT2D eigenvalue weighted by molar-refractivity contribution is -0.402. The molecular formula is C23H24N4O3S. The van der Waals surface area contributed by atoms with Gasteiger partial charge in [-0.2, -0.15) is 5.10 Å². The molecule has 0 unspecified atom stereocenters. The Morgan fingerprint density at radius 3 is 2.65 bits per heavy atom. The molecular weight excluding hydrogens is 412 g/mol. The lowest BCUT2D eigenvalue weighted by atomic mass is 9.84. The molecule has 31 heavy (non-hydrogen) atoms. The standard InChI is InChI=1S/C23H24N4O3S/c1-2-14-24-23-26(25-15-20-12-13-22(30-20)27(28)29)21(16-31-23)19-10-8-18(9-11-19)17-6-4-3-5-7-17/h2,8-13,15-17H,1,3-7,14H2. The number of aromatic nitrogens is 1. The van der Waals surface area contributed by atoms with Crippen LogP contribution in [0.5, 0.6) is 0 Å². The lowest BCUT2D eigenvalue weighted by Crippen LogP contribution is -2.12. The van der Waals surface area contributed by atoms with Gasteiger partial charge < -0.3 is 4.42 Å². The van der Waals surface area contributed by atoms with E-state index in [0.29, 0.717) is 23.0 Å². The van der Waals surface area contributed by atoms with Crippen LogP contribution in [0, 0.1) is 10.1 Å². The van der Waals surface area contributed by atoms with E-state index in [9.17, 15) is 10.1 Å². The van der Waals surface area contributed by atoms with Gasteiger partial charge in [0.25, 0.3) is 0 Å². The van der Waals surface area contributed by atoms with Crippen molar-refractivity contribution in [2.75, 3.05) is 6.54 Å². The van der Waals surface area contributed by atoms with Gasteiger partial charge in [-0.05, 0) is 30.4 Å². The summed E-state index contributed by atoms with van der Waals surface area (Å²) in [6.45, 7) is 4.20. The molecule has 8 heteroatoms. The summed E-state index contributed by atoms with van der Waals surface area (Å²) >= 11 is 1.48. The van der Waals surface area contributed by atoms with E-state index >= 15 is 0 Å². The van der Waals surface area contributed by atoms with E-state index in [1.807, 2.05) is 5.38 Å². The SMILES string of the molecule is C=CCN=c1scc(-c2ccc(C3CCCCC3)cc2)n1N=Cc1ccc([N+](=O)[O-])o1. The van der Waals surface area contributed by atoms with Gasteiger partial charge in [0, 0.05) is 10.9 Å². The van der Waals surface area contributed by atoms with Crippen molar-refractivity contribution in [1.29, 1.82) is 0 Å². The number of nitro groups is 1. The maximum Gasteiger partial charge on any atom is 0.433 e. The largest absolute Gasteiger partial charge is 0.433 e. The molecule has 4 rings (SSSR count). The van der Waals surface area contributed by atoms with Gasteiger partial charge in [0.2, 0.25) is 4.80 Å². The van der Waals surface area contributed by atoms with Crippen LogP contribution < -0.4 is 4.80 Å². The van der Waals surface area contributed by atoms with Crippen molar-refractivity contribution in [1.82, 2.24) is 4.68 Å². The summed E-state index contributed by atoms with van der Waals surface area (Å²) in [6.07, 6.45) is 9.69. The van der Waals surface area contributed by atoms with Crippen molar-refractivity contribution in [3.05, 3.63) is 80.7 Å². The first kappa shape index (κ1) is 21.0. The summed E-state index contributed by atoms with van der Waals surface area (Å²) < 4.78 is 6.92. The maximum absolute atomic E-state index is 10.8. The molecule has 0 spiro atoms. The lowest BCUT2D eigenvalue weighted by Gasteiger charge is -2.22. The Morgan fingerprint density at radius 2 is 1.97 bits per heavy atom. The van der Waals surface area contributed by atoms with Crippen LogP contribution in [0.15, 0.2) is 68.9 Å². The third-order valence-electron chi connectivity index (χ3n) is 5.42. The average Bonchev–Trinajstić information content (AvgIpc) is 3.44. The molecule has 1 aliphatic carbocycles. The van der Waals surface area contributed by atoms with Gasteiger partial charge in [-0.25, -0.2) is 4.68 Å². The van der Waals surface area contributed by atoms with E-state index in [1.165, 1.54) is 67.4 Å². The second-order valence-corrected chi connectivity index (χ2v) is 8.32. The van der Waals surface area contributed by atoms with Gasteiger partial charge in [-0.15, -0.1) is 17.9 Å². The van der Waals surface area contributed by atoms with Gasteiger partial charge >= 0.3 is 5.88 Å². The number of nitrogens with zero attached hydrogens (tertiary/aromatic N) is 4. The Morgan fingerprint density at radius 1 is 1.19 bits per heavy atom. The molecule has 0 atom stereocenters. The van der Waals surface area contributed by atoms with Gasteiger partial charge in [-0.3, -0.25) is 15.1 Å². The molecule has 160 valence electrons. The van der Waals surface area contributed by atoms with Crippen molar-refractivity contribution in [2.24, 2.45) is 10.1 Å². The Bertz CT molecular complexity index is 1150. The van der Waals surface area contributed by atoms with Crippen LogP contribution in [-0.2, 0) is 0 Å². The molecule has 2 aromatic heterocycles. The maximum atomic E-state index is 10.8. The predicted molar refractivity (Wildman–Crippen MR) is 123 cm³/mol. The number of thiazole rings is 1. The Balaban J connectivity index is 1.65. The minimum absolute atomic E-state index is 0.304. The quantitative estimate of drug-likeness (QED) is 0.205. The zero-order valence-corrected chi connectivity index (χ0v) is 18.0. The van der Waals surface area contributed by atoms with E-state index in [1.54, 1.807) is 10.8 Å². The zero-order valence-electron chi connectivity index (χ0n) is 17.1. The highest BCUT2D eigenvalue weighted by Crippen LogP contribution is 2.33.